The van der Waals surface area contributed by atoms with Crippen molar-refractivity contribution in [1.29, 1.82) is 0 Å². The van der Waals surface area contributed by atoms with Crippen LogP contribution in [0.1, 0.15) is 43.4 Å². The number of carbonyl (C=O) groups is 1. The van der Waals surface area contributed by atoms with Gasteiger partial charge in [-0.1, -0.05) is 19.0 Å². The summed E-state index contributed by atoms with van der Waals surface area (Å²) in [5.74, 6) is -0.457. The summed E-state index contributed by atoms with van der Waals surface area (Å²) in [5.41, 5.74) is -0.0322. The van der Waals surface area contributed by atoms with Crippen molar-refractivity contribution in [2.75, 3.05) is 6.54 Å². The zero-order valence-corrected chi connectivity index (χ0v) is 9.93. The molecule has 0 aliphatic rings. The van der Waals surface area contributed by atoms with Crippen molar-refractivity contribution in [2.24, 2.45) is 0 Å². The molecule has 1 atom stereocenters. The Labute approximate surface area is 95.0 Å². The third-order valence-corrected chi connectivity index (χ3v) is 2.76. The lowest BCUT2D eigenvalue weighted by atomic mass is 10.2. The maximum atomic E-state index is 10.6. The number of nitrogens with zero attached hydrogens (tertiary/aromatic N) is 2. The summed E-state index contributed by atoms with van der Waals surface area (Å²) in [7, 11) is 0. The fourth-order valence-electron chi connectivity index (χ4n) is 1.53. The zero-order valence-electron chi connectivity index (χ0n) is 9.93. The Hall–Kier alpha value is -1.36. The number of aromatic nitrogens is 1. The van der Waals surface area contributed by atoms with Gasteiger partial charge in [-0.3, -0.25) is 4.90 Å². The summed E-state index contributed by atoms with van der Waals surface area (Å²) in [6.45, 7) is 7.83. The van der Waals surface area contributed by atoms with Gasteiger partial charge in [0, 0.05) is 12.1 Å². The normalized spacial score (nSPS) is 13.0. The Kier molecular flexibility index (Phi) is 4.49. The van der Waals surface area contributed by atoms with Crippen LogP contribution in [0.3, 0.4) is 0 Å². The Morgan fingerprint density at radius 3 is 2.75 bits per heavy atom. The van der Waals surface area contributed by atoms with Crippen LogP contribution in [0.15, 0.2) is 10.6 Å². The van der Waals surface area contributed by atoms with Crippen molar-refractivity contribution in [3.8, 4) is 0 Å². The van der Waals surface area contributed by atoms with E-state index in [-0.39, 0.29) is 5.69 Å². The number of aromatic carboxylic acids is 1. The van der Waals surface area contributed by atoms with Crippen LogP contribution < -0.4 is 0 Å². The highest BCUT2D eigenvalue weighted by molar-refractivity contribution is 5.85. The van der Waals surface area contributed by atoms with E-state index in [1.165, 1.54) is 6.07 Å². The second kappa shape index (κ2) is 5.65. The molecule has 0 fully saturated rings. The Morgan fingerprint density at radius 1 is 1.62 bits per heavy atom. The van der Waals surface area contributed by atoms with Gasteiger partial charge >= 0.3 is 5.97 Å². The van der Waals surface area contributed by atoms with Crippen molar-refractivity contribution < 1.29 is 14.4 Å². The van der Waals surface area contributed by atoms with Crippen LogP contribution in [0.25, 0.3) is 0 Å². The second-order valence-electron chi connectivity index (χ2n) is 3.80. The summed E-state index contributed by atoms with van der Waals surface area (Å²) in [5, 5.41) is 12.2. The molecule has 16 heavy (non-hydrogen) atoms. The molecule has 5 nitrogen and oxygen atoms in total. The fraction of sp³-hybridized carbons (Fsp3) is 0.636. The van der Waals surface area contributed by atoms with Gasteiger partial charge in [0.25, 0.3) is 0 Å². The number of hydrogen-bond donors (Lipinski definition) is 1. The predicted octanol–water partition coefficient (Wildman–Crippen LogP) is 1.99. The van der Waals surface area contributed by atoms with Crippen LogP contribution in [-0.4, -0.2) is 33.7 Å². The molecule has 0 radical (unpaired) electrons. The lowest BCUT2D eigenvalue weighted by Crippen LogP contribution is -2.31. The summed E-state index contributed by atoms with van der Waals surface area (Å²) in [6, 6.07) is 1.93. The van der Waals surface area contributed by atoms with Crippen LogP contribution in [0.4, 0.5) is 0 Å². The number of carboxylic acid groups (broad SMARTS) is 1. The molecule has 1 heterocycles. The zero-order chi connectivity index (χ0) is 12.1. The maximum absolute atomic E-state index is 10.6. The van der Waals surface area contributed by atoms with E-state index in [1.807, 2.05) is 0 Å². The lowest BCUT2D eigenvalue weighted by molar-refractivity contribution is 0.0685. The van der Waals surface area contributed by atoms with Gasteiger partial charge in [-0.25, -0.2) is 4.79 Å². The highest BCUT2D eigenvalue weighted by Gasteiger charge is 2.15. The molecule has 1 aromatic heterocycles. The summed E-state index contributed by atoms with van der Waals surface area (Å²) in [4.78, 5) is 12.8. The molecule has 5 heteroatoms. The van der Waals surface area contributed by atoms with E-state index >= 15 is 0 Å². The van der Waals surface area contributed by atoms with E-state index in [0.29, 0.717) is 18.3 Å². The van der Waals surface area contributed by atoms with Gasteiger partial charge in [0.15, 0.2) is 11.5 Å². The van der Waals surface area contributed by atoms with Crippen molar-refractivity contribution in [2.45, 2.75) is 39.8 Å². The van der Waals surface area contributed by atoms with Crippen LogP contribution in [0, 0.1) is 0 Å². The van der Waals surface area contributed by atoms with Gasteiger partial charge in [-0.15, -0.1) is 0 Å². The molecule has 0 spiro atoms. The van der Waals surface area contributed by atoms with Gasteiger partial charge in [-0.2, -0.15) is 0 Å². The molecule has 0 aromatic carbocycles. The van der Waals surface area contributed by atoms with E-state index in [4.69, 9.17) is 9.63 Å². The average Bonchev–Trinajstić information content (AvgIpc) is 2.73. The first-order valence-electron chi connectivity index (χ1n) is 5.51. The first-order valence-corrected chi connectivity index (χ1v) is 5.51. The van der Waals surface area contributed by atoms with Gasteiger partial charge in [0.05, 0.1) is 6.54 Å². The average molecular weight is 226 g/mol. The molecule has 1 N–H and O–H groups in total. The van der Waals surface area contributed by atoms with Crippen LogP contribution in [0.2, 0.25) is 0 Å². The van der Waals surface area contributed by atoms with Crippen molar-refractivity contribution in [1.82, 2.24) is 10.1 Å². The Balaban J connectivity index is 2.67. The molecule has 0 saturated carbocycles. The third-order valence-electron chi connectivity index (χ3n) is 2.76. The van der Waals surface area contributed by atoms with E-state index in [0.717, 1.165) is 13.0 Å². The number of carboxylic acids is 1. The Morgan fingerprint density at radius 2 is 2.31 bits per heavy atom. The SMILES string of the molecule is CCC(C)N(CC)Cc1cc(C(=O)O)no1. The van der Waals surface area contributed by atoms with Gasteiger partial charge in [0.1, 0.15) is 0 Å². The Bertz CT molecular complexity index is 349. The molecule has 1 unspecified atom stereocenters. The van der Waals surface area contributed by atoms with Crippen molar-refractivity contribution in [3.05, 3.63) is 17.5 Å². The molecule has 0 aliphatic heterocycles. The van der Waals surface area contributed by atoms with E-state index < -0.39 is 5.97 Å². The topological polar surface area (TPSA) is 66.6 Å². The predicted molar refractivity (Wildman–Crippen MR) is 59.3 cm³/mol. The largest absolute Gasteiger partial charge is 0.476 e. The van der Waals surface area contributed by atoms with Crippen molar-refractivity contribution in [3.63, 3.8) is 0 Å². The minimum atomic E-state index is -1.05. The summed E-state index contributed by atoms with van der Waals surface area (Å²) < 4.78 is 4.98. The smallest absolute Gasteiger partial charge is 0.358 e. The fourth-order valence-corrected chi connectivity index (χ4v) is 1.53. The molecule has 0 amide bonds. The van der Waals surface area contributed by atoms with Crippen LogP contribution in [0.5, 0.6) is 0 Å². The molecular weight excluding hydrogens is 208 g/mol. The minimum Gasteiger partial charge on any atom is -0.476 e. The van der Waals surface area contributed by atoms with E-state index in [9.17, 15) is 4.79 Å². The molecule has 1 rings (SSSR count). The first-order chi connectivity index (χ1) is 7.58. The highest BCUT2D eigenvalue weighted by Crippen LogP contribution is 2.11. The number of rotatable bonds is 6. The molecule has 1 aromatic rings. The quantitative estimate of drug-likeness (QED) is 0.803. The minimum absolute atomic E-state index is 0.0322. The standard InChI is InChI=1S/C11H18N2O3/c1-4-8(3)13(5-2)7-9-6-10(11(14)15)12-16-9/h6,8H,4-5,7H2,1-3H3,(H,14,15). The van der Waals surface area contributed by atoms with Crippen molar-refractivity contribution >= 4 is 5.97 Å². The third kappa shape index (κ3) is 3.06. The molecule has 0 saturated heterocycles. The monoisotopic (exact) mass is 226 g/mol. The summed E-state index contributed by atoms with van der Waals surface area (Å²) in [6.07, 6.45) is 1.05. The van der Waals surface area contributed by atoms with Gasteiger partial charge < -0.3 is 9.63 Å². The molecule has 0 bridgehead atoms. The first kappa shape index (κ1) is 12.7. The van der Waals surface area contributed by atoms with Gasteiger partial charge in [0.2, 0.25) is 0 Å². The molecule has 90 valence electrons. The lowest BCUT2D eigenvalue weighted by Gasteiger charge is -2.25. The summed E-state index contributed by atoms with van der Waals surface area (Å²) >= 11 is 0. The van der Waals surface area contributed by atoms with Crippen LogP contribution >= 0.6 is 0 Å². The molecular formula is C11H18N2O3. The number of hydrogen-bond acceptors (Lipinski definition) is 4. The van der Waals surface area contributed by atoms with Crippen LogP contribution in [-0.2, 0) is 6.54 Å². The highest BCUT2D eigenvalue weighted by atomic mass is 16.5. The second-order valence-corrected chi connectivity index (χ2v) is 3.80. The maximum Gasteiger partial charge on any atom is 0.358 e. The van der Waals surface area contributed by atoms with E-state index in [2.05, 4.69) is 30.8 Å². The molecule has 0 aliphatic carbocycles. The van der Waals surface area contributed by atoms with E-state index in [1.54, 1.807) is 0 Å². The van der Waals surface area contributed by atoms with Gasteiger partial charge in [-0.05, 0) is 19.9 Å².